The van der Waals surface area contributed by atoms with Gasteiger partial charge >= 0.3 is 0 Å². The van der Waals surface area contributed by atoms with Crippen LogP contribution in [0.1, 0.15) is 33.6 Å². The molecule has 1 amide bonds. The molecule has 0 radical (unpaired) electrons. The summed E-state index contributed by atoms with van der Waals surface area (Å²) in [6.07, 6.45) is 4.28. The molecule has 0 saturated heterocycles. The highest BCUT2D eigenvalue weighted by molar-refractivity contribution is 8.01. The number of anilines is 1. The predicted octanol–water partition coefficient (Wildman–Crippen LogP) is 3.63. The molecule has 0 unspecified atom stereocenters. The molecule has 1 aromatic heterocycles. The van der Waals surface area contributed by atoms with E-state index in [4.69, 9.17) is 0 Å². The van der Waals surface area contributed by atoms with E-state index in [1.165, 1.54) is 24.0 Å². The first-order valence-corrected chi connectivity index (χ1v) is 7.32. The standard InChI is InChI=1S/C11H18N2OS2/c1-4-9(5-2)7-15-10-6-12-11(16-10)13-8(3)14/h6,9H,4-5,7H2,1-3H3,(H,12,13,14). The number of amides is 1. The molecule has 1 aromatic rings. The van der Waals surface area contributed by atoms with Gasteiger partial charge in [0.2, 0.25) is 5.91 Å². The van der Waals surface area contributed by atoms with Gasteiger partial charge in [0.05, 0.1) is 10.4 Å². The van der Waals surface area contributed by atoms with E-state index < -0.39 is 0 Å². The fourth-order valence-electron chi connectivity index (χ4n) is 1.26. The lowest BCUT2D eigenvalue weighted by atomic mass is 10.1. The maximum Gasteiger partial charge on any atom is 0.223 e. The van der Waals surface area contributed by atoms with Crippen molar-refractivity contribution in [2.45, 2.75) is 37.8 Å². The van der Waals surface area contributed by atoms with Crippen molar-refractivity contribution in [2.75, 3.05) is 11.1 Å². The smallest absolute Gasteiger partial charge is 0.223 e. The van der Waals surface area contributed by atoms with Crippen LogP contribution in [0.25, 0.3) is 0 Å². The number of rotatable bonds is 6. The van der Waals surface area contributed by atoms with E-state index >= 15 is 0 Å². The van der Waals surface area contributed by atoms with Gasteiger partial charge in [0.1, 0.15) is 0 Å². The van der Waals surface area contributed by atoms with Crippen LogP contribution >= 0.6 is 23.1 Å². The number of nitrogens with zero attached hydrogens (tertiary/aromatic N) is 1. The number of thioether (sulfide) groups is 1. The summed E-state index contributed by atoms with van der Waals surface area (Å²) in [5, 5.41) is 3.39. The van der Waals surface area contributed by atoms with E-state index in [1.54, 1.807) is 11.3 Å². The molecule has 0 fully saturated rings. The fourth-order valence-corrected chi connectivity index (χ4v) is 3.53. The van der Waals surface area contributed by atoms with Crippen molar-refractivity contribution in [3.63, 3.8) is 0 Å². The largest absolute Gasteiger partial charge is 0.302 e. The van der Waals surface area contributed by atoms with Crippen LogP contribution in [-0.4, -0.2) is 16.6 Å². The van der Waals surface area contributed by atoms with Crippen molar-refractivity contribution in [1.29, 1.82) is 0 Å². The molecular formula is C11H18N2OS2. The molecule has 16 heavy (non-hydrogen) atoms. The quantitative estimate of drug-likeness (QED) is 0.792. The average molecular weight is 258 g/mol. The van der Waals surface area contributed by atoms with Gasteiger partial charge < -0.3 is 5.32 Å². The Morgan fingerprint density at radius 2 is 2.25 bits per heavy atom. The van der Waals surface area contributed by atoms with E-state index in [0.717, 1.165) is 11.7 Å². The number of aromatic nitrogens is 1. The number of hydrogen-bond acceptors (Lipinski definition) is 4. The van der Waals surface area contributed by atoms with E-state index in [2.05, 4.69) is 24.1 Å². The molecular weight excluding hydrogens is 240 g/mol. The van der Waals surface area contributed by atoms with Gasteiger partial charge in [-0.3, -0.25) is 4.79 Å². The number of carbonyl (C=O) groups excluding carboxylic acids is 1. The van der Waals surface area contributed by atoms with Crippen molar-refractivity contribution in [3.05, 3.63) is 6.20 Å². The predicted molar refractivity (Wildman–Crippen MR) is 71.2 cm³/mol. The van der Waals surface area contributed by atoms with Gasteiger partial charge in [0.15, 0.2) is 5.13 Å². The van der Waals surface area contributed by atoms with Crippen LogP contribution in [0.3, 0.4) is 0 Å². The molecule has 0 bridgehead atoms. The first-order valence-electron chi connectivity index (χ1n) is 5.51. The van der Waals surface area contributed by atoms with Gasteiger partial charge in [-0.1, -0.05) is 38.0 Å². The number of carbonyl (C=O) groups is 1. The minimum atomic E-state index is -0.0640. The topological polar surface area (TPSA) is 42.0 Å². The molecule has 0 spiro atoms. The normalized spacial score (nSPS) is 10.8. The zero-order valence-corrected chi connectivity index (χ0v) is 11.6. The van der Waals surface area contributed by atoms with Crippen LogP contribution in [-0.2, 0) is 4.79 Å². The first-order chi connectivity index (χ1) is 7.65. The lowest BCUT2D eigenvalue weighted by Gasteiger charge is -2.09. The molecule has 1 heterocycles. The van der Waals surface area contributed by atoms with Gasteiger partial charge in [-0.2, -0.15) is 0 Å². The minimum absolute atomic E-state index is 0.0640. The summed E-state index contributed by atoms with van der Waals surface area (Å²) in [6, 6.07) is 0. The molecule has 0 aliphatic heterocycles. The van der Waals surface area contributed by atoms with Crippen LogP contribution in [0, 0.1) is 5.92 Å². The van der Waals surface area contributed by atoms with Crippen LogP contribution in [0.4, 0.5) is 5.13 Å². The second kappa shape index (κ2) is 6.91. The van der Waals surface area contributed by atoms with Crippen LogP contribution < -0.4 is 5.32 Å². The molecule has 0 atom stereocenters. The Labute approximate surface area is 105 Å². The Bertz CT molecular complexity index is 334. The summed E-state index contributed by atoms with van der Waals surface area (Å²) >= 11 is 3.37. The third-order valence-corrected chi connectivity index (χ3v) is 4.72. The third kappa shape index (κ3) is 4.53. The van der Waals surface area contributed by atoms with Gasteiger partial charge in [-0.25, -0.2) is 4.98 Å². The third-order valence-electron chi connectivity index (χ3n) is 2.38. The highest BCUT2D eigenvalue weighted by Gasteiger charge is 2.07. The fraction of sp³-hybridized carbons (Fsp3) is 0.636. The molecule has 0 saturated carbocycles. The Balaban J connectivity index is 2.42. The number of thiazole rings is 1. The summed E-state index contributed by atoms with van der Waals surface area (Å²) in [5.74, 6) is 1.84. The molecule has 3 nitrogen and oxygen atoms in total. The first kappa shape index (κ1) is 13.5. The number of hydrogen-bond donors (Lipinski definition) is 1. The second-order valence-electron chi connectivity index (χ2n) is 3.66. The molecule has 90 valence electrons. The van der Waals surface area contributed by atoms with E-state index in [-0.39, 0.29) is 5.91 Å². The Morgan fingerprint density at radius 1 is 1.56 bits per heavy atom. The Kier molecular flexibility index (Phi) is 5.84. The second-order valence-corrected chi connectivity index (χ2v) is 6.01. The molecule has 0 aliphatic rings. The van der Waals surface area contributed by atoms with Crippen molar-refractivity contribution in [3.8, 4) is 0 Å². The number of nitrogens with one attached hydrogen (secondary N) is 1. The summed E-state index contributed by atoms with van der Waals surface area (Å²) < 4.78 is 1.18. The van der Waals surface area contributed by atoms with E-state index in [1.807, 2.05) is 18.0 Å². The summed E-state index contributed by atoms with van der Waals surface area (Å²) in [7, 11) is 0. The van der Waals surface area contributed by atoms with Crippen molar-refractivity contribution in [2.24, 2.45) is 5.92 Å². The zero-order valence-electron chi connectivity index (χ0n) is 9.95. The molecule has 5 heteroatoms. The Hall–Kier alpha value is -0.550. The van der Waals surface area contributed by atoms with Crippen molar-refractivity contribution in [1.82, 2.24) is 4.98 Å². The summed E-state index contributed by atoms with van der Waals surface area (Å²) in [6.45, 7) is 5.95. The summed E-state index contributed by atoms with van der Waals surface area (Å²) in [5.41, 5.74) is 0. The van der Waals surface area contributed by atoms with Crippen LogP contribution in [0.5, 0.6) is 0 Å². The van der Waals surface area contributed by atoms with E-state index in [0.29, 0.717) is 5.13 Å². The Morgan fingerprint density at radius 3 is 2.81 bits per heavy atom. The van der Waals surface area contributed by atoms with Crippen molar-refractivity contribution >= 4 is 34.1 Å². The average Bonchev–Trinajstić information content (AvgIpc) is 2.66. The molecule has 1 rings (SSSR count). The highest BCUT2D eigenvalue weighted by Crippen LogP contribution is 2.30. The van der Waals surface area contributed by atoms with Gasteiger partial charge in [-0.15, -0.1) is 11.8 Å². The maximum atomic E-state index is 10.8. The van der Waals surface area contributed by atoms with Crippen molar-refractivity contribution < 1.29 is 4.79 Å². The highest BCUT2D eigenvalue weighted by atomic mass is 32.2. The lowest BCUT2D eigenvalue weighted by molar-refractivity contribution is -0.114. The van der Waals surface area contributed by atoms with Crippen LogP contribution in [0.15, 0.2) is 10.4 Å². The minimum Gasteiger partial charge on any atom is -0.302 e. The SMILES string of the molecule is CCC(CC)CSc1cnc(NC(C)=O)s1. The molecule has 0 aliphatic carbocycles. The lowest BCUT2D eigenvalue weighted by Crippen LogP contribution is -2.04. The van der Waals surface area contributed by atoms with E-state index in [9.17, 15) is 4.79 Å². The summed E-state index contributed by atoms with van der Waals surface area (Å²) in [4.78, 5) is 15.0. The maximum absolute atomic E-state index is 10.8. The zero-order chi connectivity index (χ0) is 12.0. The van der Waals surface area contributed by atoms with Gasteiger partial charge in [-0.05, 0) is 5.92 Å². The molecule has 1 N–H and O–H groups in total. The van der Waals surface area contributed by atoms with Crippen LogP contribution in [0.2, 0.25) is 0 Å². The van der Waals surface area contributed by atoms with Gasteiger partial charge in [0, 0.05) is 12.7 Å². The van der Waals surface area contributed by atoms with Gasteiger partial charge in [0.25, 0.3) is 0 Å². The monoisotopic (exact) mass is 258 g/mol. The molecule has 0 aromatic carbocycles.